The minimum atomic E-state index is -0.500. The molecule has 0 radical (unpaired) electrons. The van der Waals surface area contributed by atoms with Crippen LogP contribution in [0.1, 0.15) is 57.6 Å². The predicted molar refractivity (Wildman–Crippen MR) is 81.4 cm³/mol. The Morgan fingerprint density at radius 2 is 2.00 bits per heavy atom. The molecule has 2 nitrogen and oxygen atoms in total. The van der Waals surface area contributed by atoms with Crippen molar-refractivity contribution in [2.75, 3.05) is 0 Å². The van der Waals surface area contributed by atoms with Crippen molar-refractivity contribution in [1.29, 1.82) is 0 Å². The number of aliphatic hydroxyl groups excluding tert-OH is 1. The van der Waals surface area contributed by atoms with Crippen molar-refractivity contribution in [2.45, 2.75) is 58.2 Å². The molecule has 19 heavy (non-hydrogen) atoms. The van der Waals surface area contributed by atoms with Gasteiger partial charge < -0.3 is 9.84 Å². The first-order chi connectivity index (χ1) is 9.10. The number of benzene rings is 1. The van der Waals surface area contributed by atoms with Crippen molar-refractivity contribution in [3.05, 3.63) is 28.2 Å². The van der Waals surface area contributed by atoms with Gasteiger partial charge in [-0.15, -0.1) is 0 Å². The zero-order chi connectivity index (χ0) is 13.8. The number of halogens is 1. The number of ether oxygens (including phenoxy) is 1. The lowest BCUT2D eigenvalue weighted by Crippen LogP contribution is -2.24. The average molecular weight is 327 g/mol. The molecule has 1 aromatic rings. The van der Waals surface area contributed by atoms with Crippen LogP contribution in [-0.2, 0) is 0 Å². The molecule has 1 fully saturated rings. The molecule has 3 heteroatoms. The third kappa shape index (κ3) is 3.96. The van der Waals surface area contributed by atoms with Gasteiger partial charge in [0.1, 0.15) is 5.75 Å². The molecule has 0 bridgehead atoms. The number of rotatable bonds is 4. The van der Waals surface area contributed by atoms with E-state index in [-0.39, 0.29) is 0 Å². The first-order valence-electron chi connectivity index (χ1n) is 7.24. The van der Waals surface area contributed by atoms with Crippen LogP contribution in [0.3, 0.4) is 0 Å². The quantitative estimate of drug-likeness (QED) is 0.856. The lowest BCUT2D eigenvalue weighted by atomic mass is 9.86. The predicted octanol–water partition coefficient (Wildman–Crippen LogP) is 4.85. The fourth-order valence-corrected chi connectivity index (χ4v) is 3.17. The Morgan fingerprint density at radius 1 is 1.32 bits per heavy atom. The normalized spacial score (nSPS) is 25.1. The highest BCUT2D eigenvalue weighted by Gasteiger charge is 2.22. The highest BCUT2D eigenvalue weighted by atomic mass is 79.9. The third-order valence-corrected chi connectivity index (χ3v) is 4.58. The van der Waals surface area contributed by atoms with Gasteiger partial charge in [-0.1, -0.05) is 29.3 Å². The zero-order valence-electron chi connectivity index (χ0n) is 11.7. The second-order valence-electron chi connectivity index (χ2n) is 5.53. The molecule has 2 rings (SSSR count). The summed E-state index contributed by atoms with van der Waals surface area (Å²) in [7, 11) is 0. The van der Waals surface area contributed by atoms with Gasteiger partial charge in [0.05, 0.1) is 12.2 Å². The summed E-state index contributed by atoms with van der Waals surface area (Å²) in [6.45, 7) is 4.05. The fourth-order valence-electron chi connectivity index (χ4n) is 2.79. The van der Waals surface area contributed by atoms with Gasteiger partial charge in [-0.05, 0) is 56.7 Å². The maximum atomic E-state index is 9.84. The van der Waals surface area contributed by atoms with Gasteiger partial charge in [0.2, 0.25) is 0 Å². The molecule has 1 aromatic carbocycles. The Hall–Kier alpha value is -0.540. The Kier molecular flexibility index (Phi) is 5.28. The number of hydrogen-bond acceptors (Lipinski definition) is 2. The molecule has 0 aromatic heterocycles. The molecule has 0 saturated heterocycles. The van der Waals surface area contributed by atoms with Gasteiger partial charge in [0.25, 0.3) is 0 Å². The average Bonchev–Trinajstić information content (AvgIpc) is 2.41. The van der Waals surface area contributed by atoms with Crippen molar-refractivity contribution in [1.82, 2.24) is 0 Å². The number of hydrogen-bond donors (Lipinski definition) is 1. The standard InChI is InChI=1S/C16H23BrO2/c1-3-12-4-7-14(8-5-12)19-16-9-6-13(17)10-15(16)11(2)18/h6,9-12,14,18H,3-5,7-8H2,1-2H3. The maximum absolute atomic E-state index is 9.84. The maximum Gasteiger partial charge on any atom is 0.125 e. The van der Waals surface area contributed by atoms with E-state index in [4.69, 9.17) is 4.74 Å². The molecule has 1 atom stereocenters. The minimum absolute atomic E-state index is 0.307. The molecule has 1 unspecified atom stereocenters. The SMILES string of the molecule is CCC1CCC(Oc2ccc(Br)cc2C(C)O)CC1. The van der Waals surface area contributed by atoms with E-state index in [0.29, 0.717) is 6.10 Å². The van der Waals surface area contributed by atoms with E-state index in [2.05, 4.69) is 22.9 Å². The molecule has 106 valence electrons. The van der Waals surface area contributed by atoms with Gasteiger partial charge >= 0.3 is 0 Å². The molecule has 1 N–H and O–H groups in total. The van der Waals surface area contributed by atoms with Crippen molar-refractivity contribution in [2.24, 2.45) is 5.92 Å². The van der Waals surface area contributed by atoms with Gasteiger partial charge in [-0.2, -0.15) is 0 Å². The van der Waals surface area contributed by atoms with Crippen molar-refractivity contribution >= 4 is 15.9 Å². The third-order valence-electron chi connectivity index (χ3n) is 4.09. The van der Waals surface area contributed by atoms with Crippen LogP contribution < -0.4 is 4.74 Å². The second kappa shape index (κ2) is 6.76. The van der Waals surface area contributed by atoms with Crippen LogP contribution in [0.5, 0.6) is 5.75 Å². The highest BCUT2D eigenvalue weighted by molar-refractivity contribution is 9.10. The van der Waals surface area contributed by atoms with Crippen molar-refractivity contribution < 1.29 is 9.84 Å². The summed E-state index contributed by atoms with van der Waals surface area (Å²) in [4.78, 5) is 0. The van der Waals surface area contributed by atoms with Crippen LogP contribution in [0.2, 0.25) is 0 Å². The Bertz CT molecular complexity index is 409. The first-order valence-corrected chi connectivity index (χ1v) is 8.03. The minimum Gasteiger partial charge on any atom is -0.490 e. The lowest BCUT2D eigenvalue weighted by Gasteiger charge is -2.29. The van der Waals surface area contributed by atoms with E-state index in [1.165, 1.54) is 19.3 Å². The Morgan fingerprint density at radius 3 is 2.58 bits per heavy atom. The van der Waals surface area contributed by atoms with Gasteiger partial charge in [0, 0.05) is 10.0 Å². The molecule has 1 aliphatic rings. The molecule has 0 amide bonds. The van der Waals surface area contributed by atoms with E-state index in [9.17, 15) is 5.11 Å². The summed E-state index contributed by atoms with van der Waals surface area (Å²) in [5, 5.41) is 9.84. The summed E-state index contributed by atoms with van der Waals surface area (Å²) in [6.07, 6.45) is 5.88. The fraction of sp³-hybridized carbons (Fsp3) is 0.625. The van der Waals surface area contributed by atoms with Crippen LogP contribution in [-0.4, -0.2) is 11.2 Å². The molecular formula is C16H23BrO2. The molecule has 1 saturated carbocycles. The van der Waals surface area contributed by atoms with Gasteiger partial charge in [0.15, 0.2) is 0 Å². The summed E-state index contributed by atoms with van der Waals surface area (Å²) in [5.41, 5.74) is 0.868. The summed E-state index contributed by atoms with van der Waals surface area (Å²) in [5.74, 6) is 1.71. The molecule has 1 aliphatic carbocycles. The Balaban J connectivity index is 2.03. The first kappa shape index (κ1) is 14.9. The highest BCUT2D eigenvalue weighted by Crippen LogP contribution is 2.33. The summed E-state index contributed by atoms with van der Waals surface area (Å²) < 4.78 is 7.09. The van der Waals surface area contributed by atoms with Crippen LogP contribution >= 0.6 is 15.9 Å². The second-order valence-corrected chi connectivity index (χ2v) is 6.44. The summed E-state index contributed by atoms with van der Waals surface area (Å²) in [6, 6.07) is 5.87. The summed E-state index contributed by atoms with van der Waals surface area (Å²) >= 11 is 3.44. The lowest BCUT2D eigenvalue weighted by molar-refractivity contribution is 0.122. The smallest absolute Gasteiger partial charge is 0.125 e. The van der Waals surface area contributed by atoms with E-state index >= 15 is 0 Å². The van der Waals surface area contributed by atoms with Crippen molar-refractivity contribution in [3.63, 3.8) is 0 Å². The van der Waals surface area contributed by atoms with Gasteiger partial charge in [-0.25, -0.2) is 0 Å². The Labute approximate surface area is 124 Å². The van der Waals surface area contributed by atoms with Crippen LogP contribution in [0.25, 0.3) is 0 Å². The van der Waals surface area contributed by atoms with Crippen LogP contribution in [0.15, 0.2) is 22.7 Å². The number of aliphatic hydroxyl groups is 1. The molecular weight excluding hydrogens is 304 g/mol. The topological polar surface area (TPSA) is 29.5 Å². The van der Waals surface area contributed by atoms with Crippen LogP contribution in [0.4, 0.5) is 0 Å². The molecule has 0 spiro atoms. The van der Waals surface area contributed by atoms with E-state index < -0.39 is 6.10 Å². The monoisotopic (exact) mass is 326 g/mol. The van der Waals surface area contributed by atoms with E-state index in [1.807, 2.05) is 18.2 Å². The molecule has 0 heterocycles. The van der Waals surface area contributed by atoms with E-state index in [0.717, 1.165) is 34.5 Å². The molecule has 0 aliphatic heterocycles. The van der Waals surface area contributed by atoms with Crippen LogP contribution in [0, 0.1) is 5.92 Å². The van der Waals surface area contributed by atoms with Crippen molar-refractivity contribution in [3.8, 4) is 5.75 Å². The van der Waals surface area contributed by atoms with E-state index in [1.54, 1.807) is 6.92 Å². The van der Waals surface area contributed by atoms with Gasteiger partial charge in [-0.3, -0.25) is 0 Å². The largest absolute Gasteiger partial charge is 0.490 e. The zero-order valence-corrected chi connectivity index (χ0v) is 13.3.